The van der Waals surface area contributed by atoms with Crippen molar-refractivity contribution in [2.45, 2.75) is 58.5 Å². The average Bonchev–Trinajstić information content (AvgIpc) is 2.30. The molecule has 0 amide bonds. The lowest BCUT2D eigenvalue weighted by Gasteiger charge is -2.21. The summed E-state index contributed by atoms with van der Waals surface area (Å²) < 4.78 is 0. The first-order chi connectivity index (χ1) is 6.37. The van der Waals surface area contributed by atoms with E-state index < -0.39 is 0 Å². The third-order valence-electron chi connectivity index (χ3n) is 2.49. The van der Waals surface area contributed by atoms with Crippen LogP contribution in [0.4, 0.5) is 0 Å². The minimum atomic E-state index is 0.0117. The summed E-state index contributed by atoms with van der Waals surface area (Å²) in [5, 5.41) is 3.19. The zero-order valence-corrected chi connectivity index (χ0v) is 9.80. The van der Waals surface area contributed by atoms with Crippen molar-refractivity contribution in [2.75, 3.05) is 0 Å². The Morgan fingerprint density at radius 3 is 2.43 bits per heavy atom. The standard InChI is InChI=1S/C11H23N3/c1-8-5-6-9(7-8)13-10(12)14-11(2,3)4/h8-9H,5-7H2,1-4H3,(H3,12,13,14). The van der Waals surface area contributed by atoms with Gasteiger partial charge in [0.05, 0.1) is 6.04 Å². The van der Waals surface area contributed by atoms with Crippen molar-refractivity contribution >= 4 is 5.96 Å². The predicted octanol–water partition coefficient (Wildman–Crippen LogP) is 1.88. The van der Waals surface area contributed by atoms with Crippen LogP contribution < -0.4 is 11.1 Å². The lowest BCUT2D eigenvalue weighted by Crippen LogP contribution is -2.45. The van der Waals surface area contributed by atoms with Crippen LogP contribution in [0.2, 0.25) is 0 Å². The van der Waals surface area contributed by atoms with Gasteiger partial charge in [-0.15, -0.1) is 0 Å². The van der Waals surface area contributed by atoms with Gasteiger partial charge in [-0.1, -0.05) is 6.92 Å². The number of guanidine groups is 1. The minimum Gasteiger partial charge on any atom is -0.370 e. The van der Waals surface area contributed by atoms with Crippen molar-refractivity contribution in [3.63, 3.8) is 0 Å². The second-order valence-electron chi connectivity index (χ2n) is 5.46. The van der Waals surface area contributed by atoms with E-state index in [1.165, 1.54) is 19.3 Å². The molecule has 0 radical (unpaired) electrons. The summed E-state index contributed by atoms with van der Waals surface area (Å²) in [4.78, 5) is 4.50. The molecule has 1 saturated carbocycles. The van der Waals surface area contributed by atoms with Gasteiger partial charge in [-0.05, 0) is 46.0 Å². The Hall–Kier alpha value is -0.730. The Labute approximate surface area is 87.2 Å². The molecule has 1 rings (SSSR count). The van der Waals surface area contributed by atoms with E-state index in [4.69, 9.17) is 5.73 Å². The van der Waals surface area contributed by atoms with Gasteiger partial charge in [0.1, 0.15) is 0 Å². The smallest absolute Gasteiger partial charge is 0.189 e. The molecule has 1 fully saturated rings. The van der Waals surface area contributed by atoms with Crippen molar-refractivity contribution in [1.82, 2.24) is 5.32 Å². The maximum Gasteiger partial charge on any atom is 0.189 e. The number of aliphatic imine (C=N–C) groups is 1. The van der Waals surface area contributed by atoms with Gasteiger partial charge in [0.15, 0.2) is 5.96 Å². The fourth-order valence-corrected chi connectivity index (χ4v) is 1.91. The molecule has 0 aromatic rings. The van der Waals surface area contributed by atoms with Gasteiger partial charge >= 0.3 is 0 Å². The second kappa shape index (κ2) is 4.20. The van der Waals surface area contributed by atoms with Crippen LogP contribution in [0.15, 0.2) is 4.99 Å². The molecule has 3 nitrogen and oxygen atoms in total. The molecular weight excluding hydrogens is 174 g/mol. The summed E-state index contributed by atoms with van der Waals surface area (Å²) >= 11 is 0. The molecule has 3 N–H and O–H groups in total. The molecule has 0 saturated heterocycles. The van der Waals surface area contributed by atoms with Crippen LogP contribution in [0.25, 0.3) is 0 Å². The van der Waals surface area contributed by atoms with Crippen molar-refractivity contribution < 1.29 is 0 Å². The highest BCUT2D eigenvalue weighted by Crippen LogP contribution is 2.26. The highest BCUT2D eigenvalue weighted by molar-refractivity contribution is 5.78. The molecule has 2 unspecified atom stereocenters. The summed E-state index contributed by atoms with van der Waals surface area (Å²) in [5.74, 6) is 1.41. The van der Waals surface area contributed by atoms with Gasteiger partial charge in [-0.3, -0.25) is 4.99 Å². The van der Waals surface area contributed by atoms with E-state index in [9.17, 15) is 0 Å². The van der Waals surface area contributed by atoms with E-state index in [0.29, 0.717) is 12.0 Å². The molecule has 82 valence electrons. The van der Waals surface area contributed by atoms with Gasteiger partial charge in [0, 0.05) is 5.54 Å². The Bertz CT molecular complexity index is 215. The van der Waals surface area contributed by atoms with Crippen LogP contribution in [0.1, 0.15) is 47.0 Å². The topological polar surface area (TPSA) is 50.4 Å². The van der Waals surface area contributed by atoms with Crippen LogP contribution in [-0.2, 0) is 0 Å². The second-order valence-corrected chi connectivity index (χ2v) is 5.46. The van der Waals surface area contributed by atoms with E-state index in [1.54, 1.807) is 0 Å². The first kappa shape index (κ1) is 11.3. The highest BCUT2D eigenvalue weighted by atomic mass is 15.1. The number of hydrogen-bond acceptors (Lipinski definition) is 1. The third-order valence-corrected chi connectivity index (χ3v) is 2.49. The Morgan fingerprint density at radius 1 is 1.36 bits per heavy atom. The van der Waals surface area contributed by atoms with E-state index in [1.807, 2.05) is 0 Å². The average molecular weight is 197 g/mol. The Kier molecular flexibility index (Phi) is 3.40. The first-order valence-electron chi connectivity index (χ1n) is 5.48. The highest BCUT2D eigenvalue weighted by Gasteiger charge is 2.21. The lowest BCUT2D eigenvalue weighted by atomic mass is 10.1. The third kappa shape index (κ3) is 3.99. The number of hydrogen-bond donors (Lipinski definition) is 2. The minimum absolute atomic E-state index is 0.0117. The molecule has 2 atom stereocenters. The number of nitrogens with one attached hydrogen (secondary N) is 1. The summed E-state index contributed by atoms with van der Waals surface area (Å²) in [5.41, 5.74) is 5.84. The van der Waals surface area contributed by atoms with Crippen LogP contribution in [0, 0.1) is 5.92 Å². The normalized spacial score (nSPS) is 29.3. The van der Waals surface area contributed by atoms with Gasteiger partial charge in [0.25, 0.3) is 0 Å². The molecule has 14 heavy (non-hydrogen) atoms. The molecule has 3 heteroatoms. The van der Waals surface area contributed by atoms with Crippen molar-refractivity contribution in [1.29, 1.82) is 0 Å². The molecule has 0 spiro atoms. The predicted molar refractivity (Wildman–Crippen MR) is 61.3 cm³/mol. The Morgan fingerprint density at radius 2 is 2.00 bits per heavy atom. The zero-order chi connectivity index (χ0) is 10.8. The number of rotatable bonds is 1. The van der Waals surface area contributed by atoms with Crippen molar-refractivity contribution in [3.05, 3.63) is 0 Å². The van der Waals surface area contributed by atoms with E-state index >= 15 is 0 Å². The van der Waals surface area contributed by atoms with Crippen LogP contribution in [-0.4, -0.2) is 17.5 Å². The first-order valence-corrected chi connectivity index (χ1v) is 5.48. The quantitative estimate of drug-likeness (QED) is 0.498. The lowest BCUT2D eigenvalue weighted by molar-refractivity contribution is 0.505. The molecule has 0 aromatic carbocycles. The van der Waals surface area contributed by atoms with Gasteiger partial charge in [-0.2, -0.15) is 0 Å². The van der Waals surface area contributed by atoms with Gasteiger partial charge < -0.3 is 11.1 Å². The molecule has 1 aliphatic rings. The largest absolute Gasteiger partial charge is 0.370 e. The number of nitrogens with two attached hydrogens (primary N) is 1. The fraction of sp³-hybridized carbons (Fsp3) is 0.909. The maximum atomic E-state index is 5.82. The van der Waals surface area contributed by atoms with Gasteiger partial charge in [-0.25, -0.2) is 0 Å². The monoisotopic (exact) mass is 197 g/mol. The molecule has 0 heterocycles. The van der Waals surface area contributed by atoms with Gasteiger partial charge in [0.2, 0.25) is 0 Å². The Balaban J connectivity index is 2.44. The van der Waals surface area contributed by atoms with Crippen LogP contribution in [0.3, 0.4) is 0 Å². The fourth-order valence-electron chi connectivity index (χ4n) is 1.91. The van der Waals surface area contributed by atoms with E-state index in [-0.39, 0.29) is 5.54 Å². The van der Waals surface area contributed by atoms with Crippen molar-refractivity contribution in [2.24, 2.45) is 16.6 Å². The van der Waals surface area contributed by atoms with E-state index in [2.05, 4.69) is 38.0 Å². The van der Waals surface area contributed by atoms with E-state index in [0.717, 1.165) is 5.92 Å². The summed E-state index contributed by atoms with van der Waals surface area (Å²) in [7, 11) is 0. The molecule has 0 aromatic heterocycles. The zero-order valence-electron chi connectivity index (χ0n) is 9.80. The SMILES string of the molecule is CC1CCC(N=C(N)NC(C)(C)C)C1. The maximum absolute atomic E-state index is 5.82. The molecule has 0 bridgehead atoms. The summed E-state index contributed by atoms with van der Waals surface area (Å²) in [6.07, 6.45) is 3.66. The van der Waals surface area contributed by atoms with Crippen LogP contribution in [0.5, 0.6) is 0 Å². The molecular formula is C11H23N3. The number of nitrogens with zero attached hydrogens (tertiary/aromatic N) is 1. The van der Waals surface area contributed by atoms with Crippen molar-refractivity contribution in [3.8, 4) is 0 Å². The summed E-state index contributed by atoms with van der Waals surface area (Å²) in [6.45, 7) is 8.55. The molecule has 0 aliphatic heterocycles. The molecule has 1 aliphatic carbocycles. The summed E-state index contributed by atoms with van der Waals surface area (Å²) in [6, 6.07) is 0.444. The van der Waals surface area contributed by atoms with Crippen LogP contribution >= 0.6 is 0 Å².